The SMILES string of the molecule is CCCCCCCCCC(CCCCCC)S(=O)(=O)[O-].[Na+]. The minimum Gasteiger partial charge on any atom is -0.748 e. The molecule has 0 heterocycles. The second kappa shape index (κ2) is 15.8. The molecule has 0 aliphatic carbocycles. The van der Waals surface area contributed by atoms with Crippen LogP contribution in [0.3, 0.4) is 0 Å². The first-order valence-corrected chi connectivity index (χ1v) is 9.94. The average Bonchev–Trinajstić information content (AvgIpc) is 2.38. The number of rotatable bonds is 14. The van der Waals surface area contributed by atoms with E-state index in [2.05, 4.69) is 13.8 Å². The summed E-state index contributed by atoms with van der Waals surface area (Å²) in [5, 5.41) is -0.644. The first-order chi connectivity index (χ1) is 9.52. The van der Waals surface area contributed by atoms with Gasteiger partial charge in [-0.15, -0.1) is 0 Å². The zero-order valence-electron chi connectivity index (χ0n) is 14.4. The van der Waals surface area contributed by atoms with Crippen molar-refractivity contribution >= 4 is 10.1 Å². The largest absolute Gasteiger partial charge is 1.00 e. The molecule has 0 saturated carbocycles. The Bertz CT molecular complexity index is 305. The monoisotopic (exact) mass is 328 g/mol. The summed E-state index contributed by atoms with van der Waals surface area (Å²) in [5.41, 5.74) is 0. The molecule has 1 atom stereocenters. The van der Waals surface area contributed by atoms with Crippen LogP contribution in [0.15, 0.2) is 0 Å². The Morgan fingerprint density at radius 2 is 1.05 bits per heavy atom. The molecular formula is C16H33NaO3S. The molecule has 0 saturated heterocycles. The molecule has 0 N–H and O–H groups in total. The van der Waals surface area contributed by atoms with Gasteiger partial charge < -0.3 is 4.55 Å². The number of unbranched alkanes of at least 4 members (excludes halogenated alkanes) is 9. The van der Waals surface area contributed by atoms with Gasteiger partial charge in [0.2, 0.25) is 0 Å². The maximum absolute atomic E-state index is 11.2. The first kappa shape index (κ1) is 24.2. The maximum Gasteiger partial charge on any atom is 1.00 e. The van der Waals surface area contributed by atoms with Crippen LogP contribution in [0.5, 0.6) is 0 Å². The van der Waals surface area contributed by atoms with Crippen molar-refractivity contribution in [1.82, 2.24) is 0 Å². The van der Waals surface area contributed by atoms with Crippen molar-refractivity contribution in [3.05, 3.63) is 0 Å². The summed E-state index contributed by atoms with van der Waals surface area (Å²) in [6.07, 6.45) is 13.4. The molecule has 1 unspecified atom stereocenters. The van der Waals surface area contributed by atoms with Gasteiger partial charge in [-0.1, -0.05) is 84.5 Å². The molecule has 0 aromatic rings. The topological polar surface area (TPSA) is 57.2 Å². The third kappa shape index (κ3) is 15.6. The zero-order chi connectivity index (χ0) is 15.3. The summed E-state index contributed by atoms with van der Waals surface area (Å²) >= 11 is 0. The van der Waals surface area contributed by atoms with Crippen LogP contribution in [-0.2, 0) is 10.1 Å². The molecular weight excluding hydrogens is 295 g/mol. The Balaban J connectivity index is 0. The molecule has 5 heteroatoms. The van der Waals surface area contributed by atoms with Gasteiger partial charge in [-0.25, -0.2) is 8.42 Å². The predicted octanol–water partition coefficient (Wildman–Crippen LogP) is 2.02. The van der Waals surface area contributed by atoms with Crippen molar-refractivity contribution in [1.29, 1.82) is 0 Å². The van der Waals surface area contributed by atoms with E-state index in [1.165, 1.54) is 32.1 Å². The van der Waals surface area contributed by atoms with Crippen molar-refractivity contribution in [3.8, 4) is 0 Å². The Kier molecular flexibility index (Phi) is 18.2. The van der Waals surface area contributed by atoms with E-state index in [0.717, 1.165) is 38.5 Å². The molecule has 0 bridgehead atoms. The Hall–Kier alpha value is 0.910. The number of hydrogen-bond acceptors (Lipinski definition) is 3. The molecule has 3 nitrogen and oxygen atoms in total. The molecule has 0 aliphatic heterocycles. The van der Waals surface area contributed by atoms with Crippen LogP contribution in [-0.4, -0.2) is 18.2 Å². The van der Waals surface area contributed by atoms with Crippen molar-refractivity contribution in [2.24, 2.45) is 0 Å². The standard InChI is InChI=1S/C16H34O3S.Na/c1-3-5-7-9-10-11-13-15-16(20(17,18)19)14-12-8-6-4-2;/h16H,3-15H2,1-2H3,(H,17,18,19);/q;+1/p-1. The van der Waals surface area contributed by atoms with Gasteiger partial charge in [0, 0.05) is 5.25 Å². The minimum atomic E-state index is -4.10. The molecule has 0 spiro atoms. The Morgan fingerprint density at radius 1 is 0.714 bits per heavy atom. The first-order valence-electron chi connectivity index (χ1n) is 8.47. The van der Waals surface area contributed by atoms with Crippen molar-refractivity contribution in [2.45, 2.75) is 103 Å². The fourth-order valence-corrected chi connectivity index (χ4v) is 3.47. The molecule has 0 aromatic heterocycles. The summed E-state index contributed by atoms with van der Waals surface area (Å²) in [6, 6.07) is 0. The third-order valence-electron chi connectivity index (χ3n) is 3.92. The molecule has 0 amide bonds. The van der Waals surface area contributed by atoms with E-state index >= 15 is 0 Å². The van der Waals surface area contributed by atoms with Crippen LogP contribution in [0.25, 0.3) is 0 Å². The van der Waals surface area contributed by atoms with E-state index in [1.807, 2.05) is 0 Å². The van der Waals surface area contributed by atoms with E-state index in [4.69, 9.17) is 0 Å². The summed E-state index contributed by atoms with van der Waals surface area (Å²) in [4.78, 5) is 0. The quantitative estimate of drug-likeness (QED) is 0.278. The average molecular weight is 328 g/mol. The summed E-state index contributed by atoms with van der Waals surface area (Å²) < 4.78 is 33.7. The van der Waals surface area contributed by atoms with E-state index in [-0.39, 0.29) is 29.6 Å². The summed E-state index contributed by atoms with van der Waals surface area (Å²) in [5.74, 6) is 0. The normalized spacial score (nSPS) is 12.9. The van der Waals surface area contributed by atoms with Crippen molar-refractivity contribution < 1.29 is 42.5 Å². The van der Waals surface area contributed by atoms with Gasteiger partial charge in [0.1, 0.15) is 0 Å². The van der Waals surface area contributed by atoms with E-state index in [9.17, 15) is 13.0 Å². The molecule has 0 radical (unpaired) electrons. The Morgan fingerprint density at radius 3 is 1.43 bits per heavy atom. The third-order valence-corrected chi connectivity index (χ3v) is 5.21. The van der Waals surface area contributed by atoms with Crippen LogP contribution >= 0.6 is 0 Å². The van der Waals surface area contributed by atoms with Crippen molar-refractivity contribution in [3.63, 3.8) is 0 Å². The molecule has 122 valence electrons. The van der Waals surface area contributed by atoms with Crippen molar-refractivity contribution in [2.75, 3.05) is 0 Å². The van der Waals surface area contributed by atoms with Crippen LogP contribution in [0.2, 0.25) is 0 Å². The molecule has 0 aromatic carbocycles. The van der Waals surface area contributed by atoms with Gasteiger partial charge in [-0.2, -0.15) is 0 Å². The van der Waals surface area contributed by atoms with E-state index < -0.39 is 15.4 Å². The van der Waals surface area contributed by atoms with Gasteiger partial charge >= 0.3 is 29.6 Å². The van der Waals surface area contributed by atoms with Crippen LogP contribution in [0, 0.1) is 0 Å². The smallest absolute Gasteiger partial charge is 0.748 e. The molecule has 0 aliphatic rings. The molecule has 21 heavy (non-hydrogen) atoms. The summed E-state index contributed by atoms with van der Waals surface area (Å²) in [6.45, 7) is 4.32. The van der Waals surface area contributed by atoms with Gasteiger partial charge in [-0.3, -0.25) is 0 Å². The van der Waals surface area contributed by atoms with Gasteiger partial charge in [-0.05, 0) is 12.8 Å². The zero-order valence-corrected chi connectivity index (χ0v) is 17.2. The molecule has 0 rings (SSSR count). The fourth-order valence-electron chi connectivity index (χ4n) is 2.56. The van der Waals surface area contributed by atoms with Crippen LogP contribution in [0.1, 0.15) is 97.3 Å². The van der Waals surface area contributed by atoms with Crippen LogP contribution in [0.4, 0.5) is 0 Å². The van der Waals surface area contributed by atoms with Gasteiger partial charge in [0.15, 0.2) is 0 Å². The fraction of sp³-hybridized carbons (Fsp3) is 1.00. The molecule has 0 fully saturated rings. The number of hydrogen-bond donors (Lipinski definition) is 0. The Labute approximate surface area is 154 Å². The van der Waals surface area contributed by atoms with Crippen LogP contribution < -0.4 is 29.6 Å². The van der Waals surface area contributed by atoms with E-state index in [1.54, 1.807) is 0 Å². The maximum atomic E-state index is 11.2. The second-order valence-electron chi connectivity index (χ2n) is 5.87. The second-order valence-corrected chi connectivity index (χ2v) is 7.53. The van der Waals surface area contributed by atoms with Gasteiger partial charge in [0.05, 0.1) is 10.1 Å². The summed E-state index contributed by atoms with van der Waals surface area (Å²) in [7, 11) is -4.10. The van der Waals surface area contributed by atoms with Gasteiger partial charge in [0.25, 0.3) is 0 Å². The predicted molar refractivity (Wildman–Crippen MR) is 84.9 cm³/mol. The van der Waals surface area contributed by atoms with E-state index in [0.29, 0.717) is 12.8 Å². The minimum absolute atomic E-state index is 0.